The zero-order chi connectivity index (χ0) is 12.9. The smallest absolute Gasteiger partial charge is 0.471 e. The van der Waals surface area contributed by atoms with Gasteiger partial charge in [-0.2, -0.15) is 24.9 Å². The first-order chi connectivity index (χ1) is 7.21. The van der Waals surface area contributed by atoms with Crippen LogP contribution in [0.3, 0.4) is 0 Å². The Balaban J connectivity index is 4.68. The van der Waals surface area contributed by atoms with Crippen molar-refractivity contribution in [2.45, 2.75) is 18.6 Å². The zero-order valence-electron chi connectivity index (χ0n) is 8.74. The van der Waals surface area contributed by atoms with Crippen LogP contribution in [-0.4, -0.2) is 53.2 Å². The Labute approximate surface area is 94.8 Å². The number of alkyl halides is 3. The molecule has 4 nitrogen and oxygen atoms in total. The molecule has 0 aromatic carbocycles. The first-order valence-electron chi connectivity index (χ1n) is 4.27. The maximum Gasteiger partial charge on any atom is 0.471 e. The molecule has 0 saturated carbocycles. The molecule has 0 radical (unpaired) electrons. The highest BCUT2D eigenvalue weighted by atomic mass is 32.2. The summed E-state index contributed by atoms with van der Waals surface area (Å²) in [4.78, 5) is 21.7. The molecule has 0 fully saturated rings. The number of carbonyl (C=O) groups is 2. The number of aliphatic carboxylic acids is 1. The molecule has 0 aliphatic carbocycles. The fourth-order valence-electron chi connectivity index (χ4n) is 1.05. The van der Waals surface area contributed by atoms with E-state index in [0.29, 0.717) is 5.75 Å². The molecule has 0 heterocycles. The van der Waals surface area contributed by atoms with Crippen molar-refractivity contribution in [1.29, 1.82) is 0 Å². The van der Waals surface area contributed by atoms with Crippen molar-refractivity contribution in [3.63, 3.8) is 0 Å². The van der Waals surface area contributed by atoms with E-state index < -0.39 is 24.1 Å². The predicted octanol–water partition coefficient (Wildman–Crippen LogP) is 1.21. The lowest BCUT2D eigenvalue weighted by molar-refractivity contribution is -0.188. The molecule has 0 aliphatic heterocycles. The van der Waals surface area contributed by atoms with Crippen LogP contribution in [0.5, 0.6) is 0 Å². The molecule has 1 N–H and O–H groups in total. The van der Waals surface area contributed by atoms with Gasteiger partial charge in [0.05, 0.1) is 0 Å². The molecule has 1 atom stereocenters. The number of nitrogens with zero attached hydrogens (tertiary/aromatic N) is 1. The quantitative estimate of drug-likeness (QED) is 0.806. The number of rotatable bonds is 5. The molecule has 0 rings (SSSR count). The first-order valence-corrected chi connectivity index (χ1v) is 5.67. The third kappa shape index (κ3) is 4.30. The zero-order valence-corrected chi connectivity index (χ0v) is 9.56. The Hall–Kier alpha value is -0.920. The van der Waals surface area contributed by atoms with Crippen molar-refractivity contribution in [1.82, 2.24) is 4.90 Å². The van der Waals surface area contributed by atoms with Crippen molar-refractivity contribution in [3.05, 3.63) is 0 Å². The predicted molar refractivity (Wildman–Crippen MR) is 53.2 cm³/mol. The second-order valence-corrected chi connectivity index (χ2v) is 4.03. The van der Waals surface area contributed by atoms with Crippen molar-refractivity contribution in [3.8, 4) is 0 Å². The molecule has 0 spiro atoms. The molecular formula is C8H12F3NO3S. The van der Waals surface area contributed by atoms with E-state index in [4.69, 9.17) is 5.11 Å². The maximum atomic E-state index is 12.1. The summed E-state index contributed by atoms with van der Waals surface area (Å²) in [6.07, 6.45) is -3.36. The number of thioether (sulfide) groups is 1. The second kappa shape index (κ2) is 5.97. The van der Waals surface area contributed by atoms with E-state index in [-0.39, 0.29) is 11.3 Å². The number of likely N-dealkylation sites (N-methyl/N-ethyl adjacent to an activating group) is 1. The summed E-state index contributed by atoms with van der Waals surface area (Å²) in [5.74, 6) is -3.21. The van der Waals surface area contributed by atoms with E-state index in [1.807, 2.05) is 0 Å². The summed E-state index contributed by atoms with van der Waals surface area (Å²) in [5, 5.41) is 8.71. The lowest BCUT2D eigenvalue weighted by Crippen LogP contribution is -2.48. The van der Waals surface area contributed by atoms with Gasteiger partial charge in [-0.25, -0.2) is 4.79 Å². The van der Waals surface area contributed by atoms with Gasteiger partial charge in [0.25, 0.3) is 0 Å². The number of carbonyl (C=O) groups excluding carboxylic acids is 1. The van der Waals surface area contributed by atoms with Gasteiger partial charge in [-0.05, 0) is 18.4 Å². The minimum Gasteiger partial charge on any atom is -0.480 e. The van der Waals surface area contributed by atoms with Gasteiger partial charge in [0, 0.05) is 7.05 Å². The normalized spacial score (nSPS) is 13.3. The minimum absolute atomic E-state index is 0.0190. The van der Waals surface area contributed by atoms with Gasteiger partial charge in [0.1, 0.15) is 6.04 Å². The van der Waals surface area contributed by atoms with Gasteiger partial charge in [0.15, 0.2) is 0 Å². The summed E-state index contributed by atoms with van der Waals surface area (Å²) >= 11 is 1.30. The maximum absolute atomic E-state index is 12.1. The Morgan fingerprint density at radius 2 is 1.94 bits per heavy atom. The number of carboxylic acids is 1. The van der Waals surface area contributed by atoms with Crippen LogP contribution < -0.4 is 0 Å². The molecular weight excluding hydrogens is 247 g/mol. The molecule has 0 bridgehead atoms. The lowest BCUT2D eigenvalue weighted by Gasteiger charge is -2.25. The average Bonchev–Trinajstić information content (AvgIpc) is 2.15. The van der Waals surface area contributed by atoms with Gasteiger partial charge in [-0.1, -0.05) is 0 Å². The lowest BCUT2D eigenvalue weighted by atomic mass is 10.2. The van der Waals surface area contributed by atoms with Crippen molar-refractivity contribution in [2.75, 3.05) is 19.1 Å². The molecule has 0 aromatic rings. The van der Waals surface area contributed by atoms with E-state index in [9.17, 15) is 22.8 Å². The van der Waals surface area contributed by atoms with E-state index in [1.165, 1.54) is 11.8 Å². The highest BCUT2D eigenvalue weighted by molar-refractivity contribution is 7.98. The molecule has 0 aliphatic rings. The summed E-state index contributed by atoms with van der Waals surface area (Å²) in [7, 11) is 0.842. The van der Waals surface area contributed by atoms with E-state index in [1.54, 1.807) is 6.26 Å². The topological polar surface area (TPSA) is 57.6 Å². The highest BCUT2D eigenvalue weighted by Crippen LogP contribution is 2.20. The van der Waals surface area contributed by atoms with Crippen LogP contribution in [0.25, 0.3) is 0 Å². The first kappa shape index (κ1) is 15.1. The second-order valence-electron chi connectivity index (χ2n) is 3.05. The summed E-state index contributed by atoms with van der Waals surface area (Å²) in [6, 6.07) is -1.44. The van der Waals surface area contributed by atoms with Crippen molar-refractivity contribution < 1.29 is 27.9 Å². The van der Waals surface area contributed by atoms with Crippen LogP contribution in [0.15, 0.2) is 0 Å². The van der Waals surface area contributed by atoms with E-state index in [2.05, 4.69) is 0 Å². The van der Waals surface area contributed by atoms with Gasteiger partial charge in [0.2, 0.25) is 0 Å². The molecule has 1 amide bonds. The van der Waals surface area contributed by atoms with Gasteiger partial charge in [-0.15, -0.1) is 0 Å². The molecule has 0 saturated heterocycles. The Kier molecular flexibility index (Phi) is 5.63. The van der Waals surface area contributed by atoms with Gasteiger partial charge >= 0.3 is 18.1 Å². The number of carboxylic acid groups (broad SMARTS) is 1. The van der Waals surface area contributed by atoms with E-state index in [0.717, 1.165) is 7.05 Å². The van der Waals surface area contributed by atoms with Crippen LogP contribution in [0, 0.1) is 0 Å². The molecule has 8 heteroatoms. The number of hydrogen-bond acceptors (Lipinski definition) is 3. The third-order valence-electron chi connectivity index (χ3n) is 1.91. The molecule has 16 heavy (non-hydrogen) atoms. The minimum atomic E-state index is -5.04. The number of hydrogen-bond donors (Lipinski definition) is 1. The molecule has 94 valence electrons. The van der Waals surface area contributed by atoms with Gasteiger partial charge in [-0.3, -0.25) is 4.79 Å². The SMILES string of the molecule is CSCCC(C(=O)O)N(C)C(=O)C(F)(F)F. The van der Waals surface area contributed by atoms with Gasteiger partial charge < -0.3 is 10.0 Å². The van der Waals surface area contributed by atoms with Crippen LogP contribution in [-0.2, 0) is 9.59 Å². The molecule has 0 aromatic heterocycles. The van der Waals surface area contributed by atoms with E-state index >= 15 is 0 Å². The fourth-order valence-corrected chi connectivity index (χ4v) is 1.51. The number of halogens is 3. The van der Waals surface area contributed by atoms with Crippen LogP contribution in [0.2, 0.25) is 0 Å². The Bertz CT molecular complexity index is 270. The monoisotopic (exact) mass is 259 g/mol. The molecule has 1 unspecified atom stereocenters. The highest BCUT2D eigenvalue weighted by Gasteiger charge is 2.44. The van der Waals surface area contributed by atoms with Crippen molar-refractivity contribution in [2.24, 2.45) is 0 Å². The summed E-state index contributed by atoms with van der Waals surface area (Å²) in [5.41, 5.74) is 0. The summed E-state index contributed by atoms with van der Waals surface area (Å²) in [6.45, 7) is 0. The average molecular weight is 259 g/mol. The van der Waals surface area contributed by atoms with Crippen LogP contribution >= 0.6 is 11.8 Å². The Morgan fingerprint density at radius 1 is 1.44 bits per heavy atom. The largest absolute Gasteiger partial charge is 0.480 e. The summed E-state index contributed by atoms with van der Waals surface area (Å²) < 4.78 is 36.2. The Morgan fingerprint density at radius 3 is 2.25 bits per heavy atom. The van der Waals surface area contributed by atoms with Crippen LogP contribution in [0.1, 0.15) is 6.42 Å². The van der Waals surface area contributed by atoms with Crippen LogP contribution in [0.4, 0.5) is 13.2 Å². The third-order valence-corrected chi connectivity index (χ3v) is 2.55. The fraction of sp³-hybridized carbons (Fsp3) is 0.750. The standard InChI is InChI=1S/C8H12F3NO3S/c1-12(7(15)8(9,10)11)5(6(13)14)3-4-16-2/h5H,3-4H2,1-2H3,(H,13,14). The number of amides is 1. The van der Waals surface area contributed by atoms with Crippen molar-refractivity contribution >= 4 is 23.6 Å².